The van der Waals surface area contributed by atoms with Crippen molar-refractivity contribution >= 4 is 17.4 Å². The van der Waals surface area contributed by atoms with E-state index in [-0.39, 0.29) is 17.2 Å². The molecule has 3 heterocycles. The Bertz CT molecular complexity index is 1040. The normalized spacial score (nSPS) is 17.4. The number of hydrogen-bond donors (Lipinski definition) is 2. The molecule has 4 rings (SSSR count). The highest BCUT2D eigenvalue weighted by molar-refractivity contribution is 5.87. The second kappa shape index (κ2) is 6.88. The number of carboxylic acids is 1. The Morgan fingerprint density at radius 1 is 1.26 bits per heavy atom. The van der Waals surface area contributed by atoms with Gasteiger partial charge in [-0.15, -0.1) is 0 Å². The third kappa shape index (κ3) is 3.31. The lowest BCUT2D eigenvalue weighted by molar-refractivity contribution is 0.0697. The van der Waals surface area contributed by atoms with E-state index >= 15 is 0 Å². The number of carbonyl (C=O) groups is 1. The van der Waals surface area contributed by atoms with Crippen LogP contribution in [0.5, 0.6) is 0 Å². The van der Waals surface area contributed by atoms with Gasteiger partial charge in [0, 0.05) is 31.3 Å². The van der Waals surface area contributed by atoms with Crippen LogP contribution in [0.4, 0.5) is 5.82 Å². The van der Waals surface area contributed by atoms with Gasteiger partial charge in [-0.1, -0.05) is 12.1 Å². The largest absolute Gasteiger partial charge is 0.478 e. The van der Waals surface area contributed by atoms with E-state index in [1.165, 1.54) is 4.52 Å². The highest BCUT2D eigenvalue weighted by atomic mass is 16.4. The molecule has 1 fully saturated rings. The minimum atomic E-state index is -0.953. The summed E-state index contributed by atoms with van der Waals surface area (Å²) in [4.78, 5) is 25.7. The molecule has 0 amide bonds. The molecule has 27 heavy (non-hydrogen) atoms. The van der Waals surface area contributed by atoms with Crippen LogP contribution < -0.4 is 16.2 Å². The lowest BCUT2D eigenvalue weighted by atomic mass is 10.1. The second-order valence-electron chi connectivity index (χ2n) is 6.88. The van der Waals surface area contributed by atoms with Crippen molar-refractivity contribution in [2.45, 2.75) is 25.4 Å². The van der Waals surface area contributed by atoms with Crippen molar-refractivity contribution in [1.29, 1.82) is 0 Å². The van der Waals surface area contributed by atoms with Gasteiger partial charge in [0.1, 0.15) is 11.5 Å². The zero-order valence-electron chi connectivity index (χ0n) is 14.8. The third-order valence-corrected chi connectivity index (χ3v) is 4.96. The predicted molar refractivity (Wildman–Crippen MR) is 101 cm³/mol. The number of anilines is 1. The number of hydrogen-bond acceptors (Lipinski definition) is 5. The first kappa shape index (κ1) is 17.3. The molecular formula is C19H21N5O3. The Labute approximate surface area is 155 Å². The summed E-state index contributed by atoms with van der Waals surface area (Å²) in [7, 11) is 0. The molecule has 1 atom stereocenters. The first-order valence-corrected chi connectivity index (χ1v) is 8.93. The predicted octanol–water partition coefficient (Wildman–Crippen LogP) is 1.17. The van der Waals surface area contributed by atoms with Crippen molar-refractivity contribution in [1.82, 2.24) is 14.2 Å². The Morgan fingerprint density at radius 2 is 2.04 bits per heavy atom. The van der Waals surface area contributed by atoms with Crippen LogP contribution in [0.1, 0.15) is 28.8 Å². The van der Waals surface area contributed by atoms with Gasteiger partial charge < -0.3 is 20.3 Å². The smallest absolute Gasteiger partial charge is 0.335 e. The monoisotopic (exact) mass is 367 g/mol. The van der Waals surface area contributed by atoms with Crippen molar-refractivity contribution in [3.63, 3.8) is 0 Å². The number of benzene rings is 1. The summed E-state index contributed by atoms with van der Waals surface area (Å²) in [6.45, 7) is 2.04. The molecule has 0 aliphatic carbocycles. The minimum absolute atomic E-state index is 0.0817. The third-order valence-electron chi connectivity index (χ3n) is 4.96. The molecule has 0 unspecified atom stereocenters. The minimum Gasteiger partial charge on any atom is -0.478 e. The van der Waals surface area contributed by atoms with Crippen molar-refractivity contribution in [2.75, 3.05) is 18.0 Å². The lowest BCUT2D eigenvalue weighted by Gasteiger charge is -2.34. The maximum absolute atomic E-state index is 12.5. The molecule has 8 heteroatoms. The van der Waals surface area contributed by atoms with Gasteiger partial charge in [0.2, 0.25) is 0 Å². The molecule has 3 aromatic rings. The van der Waals surface area contributed by atoms with Gasteiger partial charge in [-0.2, -0.15) is 9.61 Å². The number of nitrogens with zero attached hydrogens (tertiary/aromatic N) is 4. The first-order chi connectivity index (χ1) is 13.0. The van der Waals surface area contributed by atoms with Gasteiger partial charge in [-0.25, -0.2) is 4.79 Å². The van der Waals surface area contributed by atoms with Gasteiger partial charge in [0.15, 0.2) is 0 Å². The average molecular weight is 367 g/mol. The standard InChI is InChI=1S/C19H21N5O3/c20-15-2-1-9-22(12-15)17-10-18(25)24-16(7-8-21-24)23(17)11-13-3-5-14(6-4-13)19(26)27/h3-8,10,15H,1-2,9,11-12,20H2,(H,26,27)/t15-/m1/s1. The number of carboxylic acid groups (broad SMARTS) is 1. The molecule has 2 aromatic heterocycles. The van der Waals surface area contributed by atoms with Gasteiger partial charge in [0.05, 0.1) is 18.3 Å². The Morgan fingerprint density at radius 3 is 2.74 bits per heavy atom. The molecule has 0 saturated carbocycles. The van der Waals surface area contributed by atoms with E-state index in [0.29, 0.717) is 18.7 Å². The molecule has 1 aliphatic heterocycles. The van der Waals surface area contributed by atoms with Gasteiger partial charge in [-0.05, 0) is 30.5 Å². The Hall–Kier alpha value is -3.13. The molecule has 1 aromatic carbocycles. The fourth-order valence-corrected chi connectivity index (χ4v) is 3.61. The second-order valence-corrected chi connectivity index (χ2v) is 6.88. The molecule has 140 valence electrons. The maximum atomic E-state index is 12.5. The SMILES string of the molecule is N[C@@H]1CCCN(c2cc(=O)n3nccc3n2Cc2ccc(C(=O)O)cc2)C1. The summed E-state index contributed by atoms with van der Waals surface area (Å²) in [6.07, 6.45) is 3.56. The van der Waals surface area contributed by atoms with Crippen LogP contribution in [0.25, 0.3) is 5.65 Å². The zero-order valence-corrected chi connectivity index (χ0v) is 14.8. The molecule has 1 saturated heterocycles. The zero-order chi connectivity index (χ0) is 19.0. The van der Waals surface area contributed by atoms with Crippen LogP contribution in [0.2, 0.25) is 0 Å². The number of nitrogens with two attached hydrogens (primary N) is 1. The van der Waals surface area contributed by atoms with Gasteiger partial charge >= 0.3 is 5.97 Å². The average Bonchev–Trinajstić information content (AvgIpc) is 3.15. The summed E-state index contributed by atoms with van der Waals surface area (Å²) in [5.74, 6) is -0.142. The van der Waals surface area contributed by atoms with Crippen molar-refractivity contribution < 1.29 is 9.90 Å². The topological polar surface area (TPSA) is 106 Å². The van der Waals surface area contributed by atoms with E-state index in [2.05, 4.69) is 10.00 Å². The van der Waals surface area contributed by atoms with E-state index in [1.54, 1.807) is 42.6 Å². The van der Waals surface area contributed by atoms with Gasteiger partial charge in [0.25, 0.3) is 5.56 Å². The number of aromatic carboxylic acids is 1. The molecule has 3 N–H and O–H groups in total. The van der Waals surface area contributed by atoms with Gasteiger partial charge in [-0.3, -0.25) is 4.79 Å². The lowest BCUT2D eigenvalue weighted by Crippen LogP contribution is -2.44. The molecular weight excluding hydrogens is 346 g/mol. The van der Waals surface area contributed by atoms with Crippen molar-refractivity contribution in [3.8, 4) is 0 Å². The number of fused-ring (bicyclic) bond motifs is 1. The summed E-state index contributed by atoms with van der Waals surface area (Å²) >= 11 is 0. The maximum Gasteiger partial charge on any atom is 0.335 e. The van der Waals surface area contributed by atoms with Crippen molar-refractivity contribution in [3.05, 3.63) is 64.1 Å². The molecule has 0 bridgehead atoms. The highest BCUT2D eigenvalue weighted by Gasteiger charge is 2.21. The first-order valence-electron chi connectivity index (χ1n) is 8.93. The molecule has 0 radical (unpaired) electrons. The summed E-state index contributed by atoms with van der Waals surface area (Å²) in [6, 6.07) is 10.2. The van der Waals surface area contributed by atoms with Crippen LogP contribution in [-0.2, 0) is 6.54 Å². The number of aromatic nitrogens is 3. The molecule has 1 aliphatic rings. The Balaban J connectivity index is 1.78. The summed E-state index contributed by atoms with van der Waals surface area (Å²) < 4.78 is 3.40. The van der Waals surface area contributed by atoms with E-state index in [0.717, 1.165) is 30.8 Å². The highest BCUT2D eigenvalue weighted by Crippen LogP contribution is 2.22. The van der Waals surface area contributed by atoms with Crippen LogP contribution in [0.3, 0.4) is 0 Å². The number of piperidine rings is 1. The molecule has 0 spiro atoms. The fraction of sp³-hybridized carbons (Fsp3) is 0.316. The summed E-state index contributed by atoms with van der Waals surface area (Å²) in [5.41, 5.74) is 7.84. The number of rotatable bonds is 4. The van der Waals surface area contributed by atoms with Crippen LogP contribution in [-0.4, -0.2) is 44.4 Å². The Kier molecular flexibility index (Phi) is 4.41. The fourth-order valence-electron chi connectivity index (χ4n) is 3.61. The van der Waals surface area contributed by atoms with E-state index in [9.17, 15) is 9.59 Å². The van der Waals surface area contributed by atoms with Crippen LogP contribution in [0.15, 0.2) is 47.4 Å². The van der Waals surface area contributed by atoms with E-state index < -0.39 is 5.97 Å². The van der Waals surface area contributed by atoms with Crippen LogP contribution >= 0.6 is 0 Å². The van der Waals surface area contributed by atoms with E-state index in [4.69, 9.17) is 10.8 Å². The summed E-state index contributed by atoms with van der Waals surface area (Å²) in [5, 5.41) is 13.2. The van der Waals surface area contributed by atoms with E-state index in [1.807, 2.05) is 4.57 Å². The quantitative estimate of drug-likeness (QED) is 0.717. The van der Waals surface area contributed by atoms with Crippen molar-refractivity contribution in [2.24, 2.45) is 5.73 Å². The molecule has 8 nitrogen and oxygen atoms in total. The van der Waals surface area contributed by atoms with Crippen LogP contribution in [0, 0.1) is 0 Å².